The van der Waals surface area contributed by atoms with E-state index in [1.807, 2.05) is 11.5 Å². The van der Waals surface area contributed by atoms with Crippen molar-refractivity contribution in [1.29, 1.82) is 0 Å². The summed E-state index contributed by atoms with van der Waals surface area (Å²) >= 11 is 1.36. The normalized spacial score (nSPS) is 12.4. The van der Waals surface area contributed by atoms with E-state index < -0.39 is 0 Å². The smallest absolute Gasteiger partial charge is 0.251 e. The molecule has 6 heteroatoms. The van der Waals surface area contributed by atoms with Crippen LogP contribution in [0.25, 0.3) is 10.2 Å². The molecule has 0 saturated heterocycles. The molecule has 0 radical (unpaired) electrons. The number of fused-ring (bicyclic) bond motifs is 1. The molecule has 1 amide bonds. The van der Waals surface area contributed by atoms with E-state index in [0.717, 1.165) is 35.9 Å². The third kappa shape index (κ3) is 5.22. The molecule has 0 N–H and O–H groups in total. The number of carbonyl (C=O) groups excluding carboxylic acids is 1. The molecule has 0 spiro atoms. The predicted molar refractivity (Wildman–Crippen MR) is 100 cm³/mol. The van der Waals surface area contributed by atoms with Crippen LogP contribution in [0.3, 0.4) is 0 Å². The number of nitrogens with zero attached hydrogens (tertiary/aromatic N) is 2. The Morgan fingerprint density at radius 2 is 2.00 bits per heavy atom. The SMILES string of the molecule is CCCC(CCC)C(=O)N=c1sc2cc(F)ccc2n1CCOCC. The molecular weight excluding hydrogens is 339 g/mol. The zero-order valence-electron chi connectivity index (χ0n) is 15.3. The summed E-state index contributed by atoms with van der Waals surface area (Å²) in [5.41, 5.74) is 0.889. The second-order valence-corrected chi connectivity index (χ2v) is 7.08. The molecule has 1 heterocycles. The van der Waals surface area contributed by atoms with Crippen molar-refractivity contribution >= 4 is 27.5 Å². The van der Waals surface area contributed by atoms with Crippen molar-refractivity contribution in [1.82, 2.24) is 4.57 Å². The second-order valence-electron chi connectivity index (χ2n) is 6.07. The molecule has 0 saturated carbocycles. The molecule has 4 nitrogen and oxygen atoms in total. The maximum absolute atomic E-state index is 13.6. The number of hydrogen-bond acceptors (Lipinski definition) is 3. The molecule has 0 aliphatic rings. The molecule has 1 aromatic carbocycles. The van der Waals surface area contributed by atoms with Crippen LogP contribution < -0.4 is 4.80 Å². The Morgan fingerprint density at radius 3 is 2.64 bits per heavy atom. The van der Waals surface area contributed by atoms with Crippen molar-refractivity contribution in [3.05, 3.63) is 28.8 Å². The topological polar surface area (TPSA) is 43.6 Å². The Labute approximate surface area is 152 Å². The summed E-state index contributed by atoms with van der Waals surface area (Å²) in [5.74, 6) is -0.378. The first-order valence-electron chi connectivity index (χ1n) is 9.05. The predicted octanol–water partition coefficient (Wildman–Crippen LogP) is 4.52. The zero-order chi connectivity index (χ0) is 18.2. The monoisotopic (exact) mass is 366 g/mol. The quantitative estimate of drug-likeness (QED) is 0.612. The van der Waals surface area contributed by atoms with E-state index in [2.05, 4.69) is 18.8 Å². The molecule has 0 aliphatic carbocycles. The van der Waals surface area contributed by atoms with Gasteiger partial charge in [-0.3, -0.25) is 4.79 Å². The van der Waals surface area contributed by atoms with Crippen LogP contribution in [0.5, 0.6) is 0 Å². The first kappa shape index (κ1) is 19.8. The van der Waals surface area contributed by atoms with Gasteiger partial charge in [0, 0.05) is 19.1 Å². The number of aromatic nitrogens is 1. The van der Waals surface area contributed by atoms with Crippen LogP contribution in [-0.4, -0.2) is 23.7 Å². The average molecular weight is 367 g/mol. The van der Waals surface area contributed by atoms with E-state index >= 15 is 0 Å². The Bertz CT molecular complexity index is 760. The van der Waals surface area contributed by atoms with Gasteiger partial charge < -0.3 is 9.30 Å². The largest absolute Gasteiger partial charge is 0.380 e. The van der Waals surface area contributed by atoms with Gasteiger partial charge in [-0.05, 0) is 38.0 Å². The minimum absolute atomic E-state index is 0.0303. The van der Waals surface area contributed by atoms with Crippen LogP contribution in [0.15, 0.2) is 23.2 Å². The van der Waals surface area contributed by atoms with Gasteiger partial charge in [-0.2, -0.15) is 4.99 Å². The van der Waals surface area contributed by atoms with Gasteiger partial charge in [0.1, 0.15) is 5.82 Å². The molecule has 138 valence electrons. The molecule has 0 unspecified atom stereocenters. The number of carbonyl (C=O) groups is 1. The standard InChI is InChI=1S/C19H27FN2O2S/c1-4-7-14(8-5-2)18(23)21-19-22(11-12-24-6-3)16-10-9-15(20)13-17(16)25-19/h9-10,13-14H,4-8,11-12H2,1-3H3. The number of rotatable bonds is 9. The van der Waals surface area contributed by atoms with E-state index in [9.17, 15) is 9.18 Å². The molecule has 2 rings (SSSR count). The summed E-state index contributed by atoms with van der Waals surface area (Å²) < 4.78 is 21.8. The minimum Gasteiger partial charge on any atom is -0.380 e. The van der Waals surface area contributed by atoms with Gasteiger partial charge >= 0.3 is 0 Å². The Morgan fingerprint density at radius 1 is 1.28 bits per heavy atom. The highest BCUT2D eigenvalue weighted by atomic mass is 32.1. The van der Waals surface area contributed by atoms with Crippen LogP contribution >= 0.6 is 11.3 Å². The fourth-order valence-corrected chi connectivity index (χ4v) is 4.01. The van der Waals surface area contributed by atoms with Crippen molar-refractivity contribution in [2.75, 3.05) is 13.2 Å². The van der Waals surface area contributed by atoms with Gasteiger partial charge in [-0.25, -0.2) is 4.39 Å². The van der Waals surface area contributed by atoms with E-state index in [1.54, 1.807) is 6.07 Å². The molecule has 2 aromatic rings. The first-order chi connectivity index (χ1) is 12.1. The van der Waals surface area contributed by atoms with Crippen molar-refractivity contribution in [2.45, 2.75) is 53.0 Å². The van der Waals surface area contributed by atoms with Crippen LogP contribution in [0.1, 0.15) is 46.5 Å². The number of ether oxygens (including phenoxy) is 1. The summed E-state index contributed by atoms with van der Waals surface area (Å²) in [5, 5.41) is 0. The van der Waals surface area contributed by atoms with Gasteiger partial charge in [0.15, 0.2) is 4.80 Å². The van der Waals surface area contributed by atoms with Crippen LogP contribution in [0.2, 0.25) is 0 Å². The minimum atomic E-state index is -0.279. The number of halogens is 1. The number of amides is 1. The average Bonchev–Trinajstić information content (AvgIpc) is 2.91. The molecule has 0 bridgehead atoms. The van der Waals surface area contributed by atoms with Gasteiger partial charge in [0.25, 0.3) is 5.91 Å². The summed E-state index contributed by atoms with van der Waals surface area (Å²) in [6.45, 7) is 7.88. The van der Waals surface area contributed by atoms with Crippen LogP contribution in [0, 0.1) is 11.7 Å². The highest BCUT2D eigenvalue weighted by Gasteiger charge is 2.17. The van der Waals surface area contributed by atoms with Crippen molar-refractivity contribution in [2.24, 2.45) is 10.9 Å². The fourth-order valence-electron chi connectivity index (χ4n) is 2.92. The molecule has 0 aliphatic heterocycles. The zero-order valence-corrected chi connectivity index (χ0v) is 16.1. The van der Waals surface area contributed by atoms with Crippen molar-refractivity contribution in [3.63, 3.8) is 0 Å². The van der Waals surface area contributed by atoms with Gasteiger partial charge in [-0.1, -0.05) is 38.0 Å². The first-order valence-corrected chi connectivity index (χ1v) is 9.87. The van der Waals surface area contributed by atoms with Crippen molar-refractivity contribution in [3.8, 4) is 0 Å². The van der Waals surface area contributed by atoms with Crippen LogP contribution in [-0.2, 0) is 16.1 Å². The fraction of sp³-hybridized carbons (Fsp3) is 0.579. The summed E-state index contributed by atoms with van der Waals surface area (Å²) in [7, 11) is 0. The molecule has 0 fully saturated rings. The number of benzene rings is 1. The Balaban J connectivity index is 2.42. The third-order valence-corrected chi connectivity index (χ3v) is 5.18. The van der Waals surface area contributed by atoms with Gasteiger partial charge in [-0.15, -0.1) is 0 Å². The lowest BCUT2D eigenvalue weighted by atomic mass is 9.98. The van der Waals surface area contributed by atoms with E-state index in [-0.39, 0.29) is 17.6 Å². The van der Waals surface area contributed by atoms with E-state index in [4.69, 9.17) is 4.74 Å². The summed E-state index contributed by atoms with van der Waals surface area (Å²) in [4.78, 5) is 17.7. The highest BCUT2D eigenvalue weighted by molar-refractivity contribution is 7.16. The Hall–Kier alpha value is -1.53. The maximum Gasteiger partial charge on any atom is 0.251 e. The molecule has 0 atom stereocenters. The molecule has 1 aromatic heterocycles. The summed E-state index contributed by atoms with van der Waals surface area (Å²) in [6, 6.07) is 4.68. The lowest BCUT2D eigenvalue weighted by Gasteiger charge is -2.10. The van der Waals surface area contributed by atoms with E-state index in [1.165, 1.54) is 23.5 Å². The third-order valence-electron chi connectivity index (χ3n) is 4.14. The van der Waals surface area contributed by atoms with Crippen molar-refractivity contribution < 1.29 is 13.9 Å². The molecule has 25 heavy (non-hydrogen) atoms. The van der Waals surface area contributed by atoms with Crippen LogP contribution in [0.4, 0.5) is 4.39 Å². The second kappa shape index (κ2) is 9.82. The number of thiazole rings is 1. The lowest BCUT2D eigenvalue weighted by Crippen LogP contribution is -2.22. The van der Waals surface area contributed by atoms with E-state index in [0.29, 0.717) is 24.6 Å². The highest BCUT2D eigenvalue weighted by Crippen LogP contribution is 2.20. The molecular formula is C19H27FN2O2S. The number of hydrogen-bond donors (Lipinski definition) is 0. The van der Waals surface area contributed by atoms with Gasteiger partial charge in [0.2, 0.25) is 0 Å². The summed E-state index contributed by atoms with van der Waals surface area (Å²) in [6.07, 6.45) is 3.64. The van der Waals surface area contributed by atoms with Gasteiger partial charge in [0.05, 0.1) is 16.8 Å². The Kier molecular flexibility index (Phi) is 7.78. The lowest BCUT2D eigenvalue weighted by molar-refractivity contribution is -0.122. The maximum atomic E-state index is 13.6.